The Bertz CT molecular complexity index is 564. The zero-order valence-corrected chi connectivity index (χ0v) is 15.7. The van der Waals surface area contributed by atoms with Crippen molar-refractivity contribution in [2.45, 2.75) is 52.7 Å². The predicted molar refractivity (Wildman–Crippen MR) is 101 cm³/mol. The number of nitrogens with zero attached hydrogens (tertiary/aromatic N) is 2. The molecule has 0 saturated carbocycles. The number of nitro benzene ring substituents is 1. The first-order valence-corrected chi connectivity index (χ1v) is 9.11. The maximum absolute atomic E-state index is 10.7. The predicted octanol–water partition coefficient (Wildman–Crippen LogP) is 3.20. The summed E-state index contributed by atoms with van der Waals surface area (Å²) in [5.74, 6) is 0.251. The van der Waals surface area contributed by atoms with Crippen LogP contribution < -0.4 is 10.2 Å². The molecule has 1 unspecified atom stereocenters. The summed E-state index contributed by atoms with van der Waals surface area (Å²) in [4.78, 5) is 12.6. The summed E-state index contributed by atoms with van der Waals surface area (Å²) < 4.78 is 0. The number of aliphatic hydroxyl groups excluding tert-OH is 1. The van der Waals surface area contributed by atoms with Gasteiger partial charge in [-0.2, -0.15) is 0 Å². The van der Waals surface area contributed by atoms with Crippen LogP contribution in [0.3, 0.4) is 0 Å². The van der Waals surface area contributed by atoms with Gasteiger partial charge in [-0.1, -0.05) is 27.7 Å². The van der Waals surface area contributed by atoms with E-state index in [1.165, 1.54) is 0 Å². The molecule has 2 rings (SSSR count). The molecular weight excluding hydrogens is 318 g/mol. The second kappa shape index (κ2) is 8.15. The highest BCUT2D eigenvalue weighted by molar-refractivity contribution is 5.51. The van der Waals surface area contributed by atoms with Crippen LogP contribution >= 0.6 is 0 Å². The fourth-order valence-electron chi connectivity index (χ4n) is 3.54. The lowest BCUT2D eigenvalue weighted by molar-refractivity contribution is -0.384. The maximum atomic E-state index is 10.7. The van der Waals surface area contributed by atoms with E-state index in [0.717, 1.165) is 38.2 Å². The van der Waals surface area contributed by atoms with Crippen molar-refractivity contribution in [3.05, 3.63) is 34.4 Å². The van der Waals surface area contributed by atoms with E-state index in [1.807, 2.05) is 12.1 Å². The van der Waals surface area contributed by atoms with E-state index in [4.69, 9.17) is 0 Å². The quantitative estimate of drug-likeness (QED) is 0.584. The van der Waals surface area contributed by atoms with Crippen LogP contribution in [-0.4, -0.2) is 41.8 Å². The molecular formula is C19H31N3O3. The molecule has 0 spiro atoms. The normalized spacial score (nSPS) is 17.8. The first-order chi connectivity index (χ1) is 11.7. The van der Waals surface area contributed by atoms with Gasteiger partial charge in [-0.05, 0) is 30.9 Å². The van der Waals surface area contributed by atoms with Crippen molar-refractivity contribution in [3.8, 4) is 0 Å². The Morgan fingerprint density at radius 2 is 1.84 bits per heavy atom. The highest BCUT2D eigenvalue weighted by Gasteiger charge is 2.31. The lowest BCUT2D eigenvalue weighted by Gasteiger charge is -2.38. The van der Waals surface area contributed by atoms with E-state index in [1.54, 1.807) is 12.1 Å². The standard InChI is InChI=1S/C19H31N3O3/c1-14(2)18(23)19(3,4)13-20-15-9-11-21(12-10-15)16-5-7-17(8-6-16)22(24)25/h5-8,14-15,18,20,23H,9-13H2,1-4H3. The molecule has 0 amide bonds. The van der Waals surface area contributed by atoms with Gasteiger partial charge in [0, 0.05) is 48.9 Å². The largest absolute Gasteiger partial charge is 0.392 e. The van der Waals surface area contributed by atoms with Crippen molar-refractivity contribution in [2.75, 3.05) is 24.5 Å². The van der Waals surface area contributed by atoms with E-state index in [2.05, 4.69) is 37.9 Å². The molecule has 0 aromatic heterocycles. The first kappa shape index (κ1) is 19.7. The molecule has 140 valence electrons. The molecule has 1 aromatic rings. The van der Waals surface area contributed by atoms with Crippen LogP contribution in [-0.2, 0) is 0 Å². The number of rotatable bonds is 7. The number of nitro groups is 1. The van der Waals surface area contributed by atoms with Crippen molar-refractivity contribution in [3.63, 3.8) is 0 Å². The Balaban J connectivity index is 1.82. The van der Waals surface area contributed by atoms with E-state index in [9.17, 15) is 15.2 Å². The lowest BCUT2D eigenvalue weighted by atomic mass is 9.80. The van der Waals surface area contributed by atoms with Crippen molar-refractivity contribution in [1.82, 2.24) is 5.32 Å². The molecule has 6 heteroatoms. The average Bonchev–Trinajstić information content (AvgIpc) is 2.59. The Hall–Kier alpha value is -1.66. The molecule has 0 bridgehead atoms. The third-order valence-electron chi connectivity index (χ3n) is 5.20. The molecule has 1 heterocycles. The molecule has 1 aliphatic rings. The van der Waals surface area contributed by atoms with Crippen molar-refractivity contribution in [1.29, 1.82) is 0 Å². The summed E-state index contributed by atoms with van der Waals surface area (Å²) in [5.41, 5.74) is 1.02. The highest BCUT2D eigenvalue weighted by atomic mass is 16.6. The summed E-state index contributed by atoms with van der Waals surface area (Å²) in [6.45, 7) is 11.0. The summed E-state index contributed by atoms with van der Waals surface area (Å²) in [7, 11) is 0. The summed E-state index contributed by atoms with van der Waals surface area (Å²) >= 11 is 0. The van der Waals surface area contributed by atoms with Crippen LogP contribution in [0.2, 0.25) is 0 Å². The van der Waals surface area contributed by atoms with Gasteiger partial charge >= 0.3 is 0 Å². The van der Waals surface area contributed by atoms with Gasteiger partial charge in [-0.3, -0.25) is 10.1 Å². The Labute approximate surface area is 150 Å². The van der Waals surface area contributed by atoms with Crippen molar-refractivity contribution >= 4 is 11.4 Å². The van der Waals surface area contributed by atoms with Gasteiger partial charge in [-0.25, -0.2) is 0 Å². The Morgan fingerprint density at radius 3 is 2.32 bits per heavy atom. The minimum absolute atomic E-state index is 0.131. The molecule has 1 aromatic carbocycles. The van der Waals surface area contributed by atoms with E-state index >= 15 is 0 Å². The van der Waals surface area contributed by atoms with Crippen molar-refractivity contribution < 1.29 is 10.0 Å². The molecule has 25 heavy (non-hydrogen) atoms. The number of hydrogen-bond donors (Lipinski definition) is 2. The van der Waals surface area contributed by atoms with Crippen LogP contribution in [0.15, 0.2) is 24.3 Å². The monoisotopic (exact) mass is 349 g/mol. The highest BCUT2D eigenvalue weighted by Crippen LogP contribution is 2.27. The number of non-ortho nitro benzene ring substituents is 1. The summed E-state index contributed by atoms with van der Waals surface area (Å²) in [5, 5.41) is 24.7. The van der Waals surface area contributed by atoms with Gasteiger partial charge in [0.15, 0.2) is 0 Å². The van der Waals surface area contributed by atoms with Gasteiger partial charge in [0.1, 0.15) is 0 Å². The number of anilines is 1. The first-order valence-electron chi connectivity index (χ1n) is 9.11. The zero-order valence-electron chi connectivity index (χ0n) is 15.7. The topological polar surface area (TPSA) is 78.6 Å². The second-order valence-electron chi connectivity index (χ2n) is 8.09. The average molecular weight is 349 g/mol. The van der Waals surface area contributed by atoms with Gasteiger partial charge in [0.2, 0.25) is 0 Å². The minimum atomic E-state index is -0.368. The summed E-state index contributed by atoms with van der Waals surface area (Å²) in [6, 6.07) is 7.24. The number of aliphatic hydroxyl groups is 1. The SMILES string of the molecule is CC(C)C(O)C(C)(C)CNC1CCN(c2ccc([N+](=O)[O-])cc2)CC1. The number of nitrogens with one attached hydrogen (secondary N) is 1. The van der Waals surface area contributed by atoms with Gasteiger partial charge in [0.25, 0.3) is 5.69 Å². The van der Waals surface area contributed by atoms with E-state index in [-0.39, 0.29) is 28.0 Å². The maximum Gasteiger partial charge on any atom is 0.269 e. The summed E-state index contributed by atoms with van der Waals surface area (Å²) in [6.07, 6.45) is 1.75. The Kier molecular flexibility index (Phi) is 6.41. The smallest absolute Gasteiger partial charge is 0.269 e. The van der Waals surface area contributed by atoms with Gasteiger partial charge in [-0.15, -0.1) is 0 Å². The molecule has 0 aliphatic carbocycles. The molecule has 1 fully saturated rings. The van der Waals surface area contributed by atoms with E-state index < -0.39 is 0 Å². The number of benzene rings is 1. The molecule has 6 nitrogen and oxygen atoms in total. The fourth-order valence-corrected chi connectivity index (χ4v) is 3.54. The Morgan fingerprint density at radius 1 is 1.28 bits per heavy atom. The van der Waals surface area contributed by atoms with Crippen LogP contribution in [0.25, 0.3) is 0 Å². The van der Waals surface area contributed by atoms with Crippen LogP contribution in [0.5, 0.6) is 0 Å². The van der Waals surface area contributed by atoms with Crippen molar-refractivity contribution in [2.24, 2.45) is 11.3 Å². The molecule has 1 aliphatic heterocycles. The minimum Gasteiger partial charge on any atom is -0.392 e. The van der Waals surface area contributed by atoms with Crippen LogP contribution in [0.4, 0.5) is 11.4 Å². The van der Waals surface area contributed by atoms with E-state index in [0.29, 0.717) is 6.04 Å². The molecule has 0 radical (unpaired) electrons. The zero-order chi connectivity index (χ0) is 18.6. The van der Waals surface area contributed by atoms with Gasteiger partial charge < -0.3 is 15.3 Å². The lowest BCUT2D eigenvalue weighted by Crippen LogP contribution is -2.48. The number of piperidine rings is 1. The van der Waals surface area contributed by atoms with Gasteiger partial charge in [0.05, 0.1) is 11.0 Å². The van der Waals surface area contributed by atoms with Crippen LogP contribution in [0, 0.1) is 21.4 Å². The third-order valence-corrected chi connectivity index (χ3v) is 5.20. The van der Waals surface area contributed by atoms with Crippen LogP contribution in [0.1, 0.15) is 40.5 Å². The molecule has 1 atom stereocenters. The molecule has 1 saturated heterocycles. The molecule has 2 N–H and O–H groups in total. The fraction of sp³-hybridized carbons (Fsp3) is 0.684. The number of hydrogen-bond acceptors (Lipinski definition) is 5. The third kappa shape index (κ3) is 5.16. The second-order valence-corrected chi connectivity index (χ2v) is 8.09.